The van der Waals surface area contributed by atoms with E-state index in [-0.39, 0.29) is 0 Å². The monoisotopic (exact) mass is 251 g/mol. The molecular weight excluding hydrogens is 242 g/mol. The van der Waals surface area contributed by atoms with Crippen molar-refractivity contribution < 1.29 is 0 Å². The summed E-state index contributed by atoms with van der Waals surface area (Å²) in [6.07, 6.45) is 1.85. The van der Waals surface area contributed by atoms with Crippen molar-refractivity contribution in [2.45, 2.75) is 0 Å². The minimum Gasteiger partial charge on any atom is -0.254 e. The van der Waals surface area contributed by atoms with Crippen LogP contribution in [0.25, 0.3) is 27.9 Å². The molecule has 0 bridgehead atoms. The molecule has 1 aromatic carbocycles. The molecule has 86 valence electrons. The van der Waals surface area contributed by atoms with Gasteiger partial charge in [-0.1, -0.05) is 41.9 Å². The van der Waals surface area contributed by atoms with E-state index in [1.54, 1.807) is 11.5 Å². The van der Waals surface area contributed by atoms with Crippen molar-refractivity contribution in [2.75, 3.05) is 0 Å². The number of rotatable bonds is 1. The molecule has 0 unspecified atom stereocenters. The Labute approximate surface area is 108 Å². The maximum Gasteiger partial charge on any atom is 0.148 e. The summed E-state index contributed by atoms with van der Waals surface area (Å²) in [5, 5.41) is 2.05. The van der Waals surface area contributed by atoms with Crippen LogP contribution in [-0.2, 0) is 0 Å². The Hall–Kier alpha value is -2.20. The normalized spacial score (nSPS) is 11.3. The smallest absolute Gasteiger partial charge is 0.148 e. The Morgan fingerprint density at radius 3 is 2.78 bits per heavy atom. The van der Waals surface area contributed by atoms with Crippen molar-refractivity contribution in [3.63, 3.8) is 0 Å². The standard InChI is InChI=1S/C14H9N3S/c1-2-4-10(5-3-1)13-14-11(6-8-15-13)17-12(16-14)7-9-18-17/h1-9H. The van der Waals surface area contributed by atoms with Gasteiger partial charge in [-0.15, -0.1) is 0 Å². The molecule has 18 heavy (non-hydrogen) atoms. The molecule has 0 atom stereocenters. The molecular formula is C14H9N3S. The van der Waals surface area contributed by atoms with E-state index in [9.17, 15) is 0 Å². The van der Waals surface area contributed by atoms with Gasteiger partial charge in [0.05, 0.1) is 11.2 Å². The van der Waals surface area contributed by atoms with Crippen LogP contribution in [0.4, 0.5) is 0 Å². The van der Waals surface area contributed by atoms with Gasteiger partial charge in [0.2, 0.25) is 0 Å². The molecule has 0 saturated heterocycles. The molecule has 4 heteroatoms. The van der Waals surface area contributed by atoms with E-state index in [1.165, 1.54) is 0 Å². The van der Waals surface area contributed by atoms with E-state index in [0.29, 0.717) is 0 Å². The molecule has 0 amide bonds. The van der Waals surface area contributed by atoms with E-state index >= 15 is 0 Å². The first-order valence-corrected chi connectivity index (χ1v) is 6.54. The fourth-order valence-corrected chi connectivity index (χ4v) is 2.95. The Balaban J connectivity index is 2.12. The van der Waals surface area contributed by atoms with Gasteiger partial charge in [0.15, 0.2) is 0 Å². The van der Waals surface area contributed by atoms with E-state index < -0.39 is 0 Å². The molecule has 0 N–H and O–H groups in total. The predicted molar refractivity (Wildman–Crippen MR) is 73.8 cm³/mol. The molecule has 3 nitrogen and oxygen atoms in total. The summed E-state index contributed by atoms with van der Waals surface area (Å²) in [5.74, 6) is 0. The highest BCUT2D eigenvalue weighted by Crippen LogP contribution is 2.27. The maximum atomic E-state index is 4.66. The Kier molecular flexibility index (Phi) is 1.98. The second kappa shape index (κ2) is 3.65. The average Bonchev–Trinajstić information content (AvgIpc) is 3.00. The van der Waals surface area contributed by atoms with Crippen molar-refractivity contribution in [1.29, 1.82) is 0 Å². The van der Waals surface area contributed by atoms with E-state index in [1.807, 2.05) is 41.9 Å². The number of hydrogen-bond donors (Lipinski definition) is 0. The number of nitrogens with zero attached hydrogens (tertiary/aromatic N) is 3. The SMILES string of the molecule is c1ccc(-c2nccc3c2nc2ccsn23)cc1. The largest absolute Gasteiger partial charge is 0.254 e. The number of aromatic nitrogens is 3. The van der Waals surface area contributed by atoms with Gasteiger partial charge in [-0.2, -0.15) is 0 Å². The lowest BCUT2D eigenvalue weighted by molar-refractivity contribution is 1.34. The van der Waals surface area contributed by atoms with Crippen molar-refractivity contribution in [1.82, 2.24) is 13.8 Å². The van der Waals surface area contributed by atoms with E-state index in [4.69, 9.17) is 0 Å². The Morgan fingerprint density at radius 1 is 1.00 bits per heavy atom. The summed E-state index contributed by atoms with van der Waals surface area (Å²) in [4.78, 5) is 9.14. The van der Waals surface area contributed by atoms with Crippen molar-refractivity contribution in [2.24, 2.45) is 0 Å². The molecule has 0 radical (unpaired) electrons. The van der Waals surface area contributed by atoms with Crippen LogP contribution in [0, 0.1) is 0 Å². The van der Waals surface area contributed by atoms with Gasteiger partial charge in [0.25, 0.3) is 0 Å². The lowest BCUT2D eigenvalue weighted by Gasteiger charge is -2.00. The van der Waals surface area contributed by atoms with E-state index in [0.717, 1.165) is 27.9 Å². The molecule has 0 aliphatic carbocycles. The molecule has 0 spiro atoms. The van der Waals surface area contributed by atoms with Crippen LogP contribution in [0.15, 0.2) is 54.0 Å². The molecule has 0 fully saturated rings. The zero-order chi connectivity index (χ0) is 11.9. The number of fused-ring (bicyclic) bond motifs is 3. The molecule has 4 rings (SSSR count). The van der Waals surface area contributed by atoms with Crippen molar-refractivity contribution >= 4 is 28.2 Å². The summed E-state index contributed by atoms with van der Waals surface area (Å²) in [7, 11) is 0. The summed E-state index contributed by atoms with van der Waals surface area (Å²) in [6.45, 7) is 0. The molecule has 4 aromatic rings. The van der Waals surface area contributed by atoms with Gasteiger partial charge >= 0.3 is 0 Å². The topological polar surface area (TPSA) is 30.2 Å². The quantitative estimate of drug-likeness (QED) is 0.517. The zero-order valence-electron chi connectivity index (χ0n) is 9.45. The van der Waals surface area contributed by atoms with Gasteiger partial charge in [-0.05, 0) is 12.1 Å². The van der Waals surface area contributed by atoms with Crippen LogP contribution in [0.5, 0.6) is 0 Å². The second-order valence-electron chi connectivity index (χ2n) is 4.07. The summed E-state index contributed by atoms with van der Waals surface area (Å²) in [5.41, 5.74) is 5.13. The first-order chi connectivity index (χ1) is 8.93. The lowest BCUT2D eigenvalue weighted by Crippen LogP contribution is -1.85. The fraction of sp³-hybridized carbons (Fsp3) is 0. The Morgan fingerprint density at radius 2 is 1.89 bits per heavy atom. The number of benzene rings is 1. The second-order valence-corrected chi connectivity index (χ2v) is 4.91. The van der Waals surface area contributed by atoms with Gasteiger partial charge in [-0.25, -0.2) is 8.77 Å². The molecule has 0 aliphatic heterocycles. The summed E-state index contributed by atoms with van der Waals surface area (Å²) in [6, 6.07) is 14.2. The highest BCUT2D eigenvalue weighted by atomic mass is 32.1. The first-order valence-electron chi connectivity index (χ1n) is 5.70. The third-order valence-electron chi connectivity index (χ3n) is 2.99. The fourth-order valence-electron chi connectivity index (χ4n) is 2.18. The first kappa shape index (κ1) is 9.79. The molecule has 3 heterocycles. The highest BCUT2D eigenvalue weighted by Gasteiger charge is 2.11. The number of hydrogen-bond acceptors (Lipinski definition) is 3. The summed E-state index contributed by atoms with van der Waals surface area (Å²) >= 11 is 1.65. The van der Waals surface area contributed by atoms with Crippen LogP contribution in [0.3, 0.4) is 0 Å². The molecule has 0 saturated carbocycles. The van der Waals surface area contributed by atoms with Crippen molar-refractivity contribution in [3.05, 3.63) is 54.0 Å². The van der Waals surface area contributed by atoms with Crippen LogP contribution in [-0.4, -0.2) is 13.8 Å². The minimum atomic E-state index is 0.948. The van der Waals surface area contributed by atoms with Crippen LogP contribution in [0.2, 0.25) is 0 Å². The van der Waals surface area contributed by atoms with Crippen LogP contribution >= 0.6 is 11.5 Å². The lowest BCUT2D eigenvalue weighted by atomic mass is 10.1. The van der Waals surface area contributed by atoms with Crippen molar-refractivity contribution in [3.8, 4) is 11.3 Å². The number of imidazole rings is 1. The highest BCUT2D eigenvalue weighted by molar-refractivity contribution is 7.05. The van der Waals surface area contributed by atoms with Gasteiger partial charge in [-0.3, -0.25) is 4.98 Å². The summed E-state index contributed by atoms with van der Waals surface area (Å²) < 4.78 is 2.13. The third-order valence-corrected chi connectivity index (χ3v) is 3.84. The Bertz CT molecular complexity index is 830. The van der Waals surface area contributed by atoms with Gasteiger partial charge in [0, 0.05) is 17.1 Å². The van der Waals surface area contributed by atoms with Crippen LogP contribution < -0.4 is 0 Å². The maximum absolute atomic E-state index is 4.66. The average molecular weight is 251 g/mol. The molecule has 3 aromatic heterocycles. The van der Waals surface area contributed by atoms with Gasteiger partial charge in [0.1, 0.15) is 11.2 Å². The minimum absolute atomic E-state index is 0.948. The molecule has 0 aliphatic rings. The van der Waals surface area contributed by atoms with E-state index in [2.05, 4.69) is 25.9 Å². The van der Waals surface area contributed by atoms with Gasteiger partial charge < -0.3 is 0 Å². The number of pyridine rings is 1. The third kappa shape index (κ3) is 1.29. The van der Waals surface area contributed by atoms with Crippen LogP contribution in [0.1, 0.15) is 0 Å². The zero-order valence-corrected chi connectivity index (χ0v) is 10.3. The predicted octanol–water partition coefficient (Wildman–Crippen LogP) is 3.61.